The summed E-state index contributed by atoms with van der Waals surface area (Å²) in [5.41, 5.74) is 1.53. The number of methoxy groups -OCH3 is 1. The molecule has 4 nitrogen and oxygen atoms in total. The zero-order valence-electron chi connectivity index (χ0n) is 12.0. The fourth-order valence-corrected chi connectivity index (χ4v) is 3.38. The third kappa shape index (κ3) is 4.53. The van der Waals surface area contributed by atoms with Crippen molar-refractivity contribution in [2.24, 2.45) is 5.41 Å². The van der Waals surface area contributed by atoms with Crippen LogP contribution in [0.15, 0.2) is 5.38 Å². The highest BCUT2D eigenvalue weighted by atomic mass is 32.1. The fourth-order valence-electron chi connectivity index (χ4n) is 2.73. The Balaban J connectivity index is 1.73. The maximum absolute atomic E-state index is 5.42. The molecule has 2 rings (SSSR count). The lowest BCUT2D eigenvalue weighted by Gasteiger charge is -2.37. The molecule has 0 aliphatic carbocycles. The summed E-state index contributed by atoms with van der Waals surface area (Å²) >= 11 is 1.73. The molecule has 108 valence electrons. The molecule has 1 fully saturated rings. The van der Waals surface area contributed by atoms with Gasteiger partial charge in [0.05, 0.1) is 17.3 Å². The number of rotatable bonds is 7. The maximum Gasteiger partial charge on any atom is 0.0897 e. The molecule has 0 aromatic carbocycles. The van der Waals surface area contributed by atoms with E-state index < -0.39 is 0 Å². The summed E-state index contributed by atoms with van der Waals surface area (Å²) in [6, 6.07) is 0. The van der Waals surface area contributed by atoms with E-state index in [1.807, 2.05) is 7.11 Å². The van der Waals surface area contributed by atoms with Crippen LogP contribution < -0.4 is 10.6 Å². The standard InChI is InChI=1S/C14H25N3OS/c1-12-17-13(9-19-12)3-6-16-10-14(11-18-2)4-7-15-8-5-14/h9,15-16H,3-8,10-11H2,1-2H3. The van der Waals surface area contributed by atoms with Gasteiger partial charge in [0.2, 0.25) is 0 Å². The van der Waals surface area contributed by atoms with E-state index >= 15 is 0 Å². The van der Waals surface area contributed by atoms with Crippen LogP contribution >= 0.6 is 11.3 Å². The molecular weight excluding hydrogens is 258 g/mol. The average molecular weight is 283 g/mol. The smallest absolute Gasteiger partial charge is 0.0897 e. The minimum Gasteiger partial charge on any atom is -0.384 e. The summed E-state index contributed by atoms with van der Waals surface area (Å²) in [5, 5.41) is 10.3. The van der Waals surface area contributed by atoms with Crippen molar-refractivity contribution in [2.75, 3.05) is 39.9 Å². The highest BCUT2D eigenvalue weighted by molar-refractivity contribution is 7.09. The normalized spacial score (nSPS) is 18.6. The van der Waals surface area contributed by atoms with Gasteiger partial charge in [0.25, 0.3) is 0 Å². The van der Waals surface area contributed by atoms with Gasteiger partial charge in [-0.25, -0.2) is 4.98 Å². The zero-order valence-corrected chi connectivity index (χ0v) is 12.8. The summed E-state index contributed by atoms with van der Waals surface area (Å²) in [6.07, 6.45) is 3.42. The lowest BCUT2D eigenvalue weighted by Crippen LogP contribution is -2.46. The Morgan fingerprint density at radius 2 is 2.26 bits per heavy atom. The summed E-state index contributed by atoms with van der Waals surface area (Å²) in [6.45, 7) is 7.18. The van der Waals surface area contributed by atoms with E-state index in [-0.39, 0.29) is 0 Å². The predicted molar refractivity (Wildman–Crippen MR) is 79.8 cm³/mol. The Morgan fingerprint density at radius 3 is 2.89 bits per heavy atom. The van der Waals surface area contributed by atoms with E-state index in [2.05, 4.69) is 27.9 Å². The molecule has 2 N–H and O–H groups in total. The van der Waals surface area contributed by atoms with Crippen molar-refractivity contribution in [1.29, 1.82) is 0 Å². The Bertz CT molecular complexity index is 369. The van der Waals surface area contributed by atoms with Crippen LogP contribution in [-0.2, 0) is 11.2 Å². The Labute approximate surface area is 120 Å². The van der Waals surface area contributed by atoms with Gasteiger partial charge >= 0.3 is 0 Å². The number of aryl methyl sites for hydroxylation is 1. The van der Waals surface area contributed by atoms with Crippen LogP contribution in [0.5, 0.6) is 0 Å². The molecular formula is C14H25N3OS. The molecule has 0 spiro atoms. The van der Waals surface area contributed by atoms with Crippen molar-refractivity contribution in [3.63, 3.8) is 0 Å². The molecule has 0 unspecified atom stereocenters. The van der Waals surface area contributed by atoms with Crippen molar-refractivity contribution in [3.8, 4) is 0 Å². The fraction of sp³-hybridized carbons (Fsp3) is 0.786. The number of ether oxygens (including phenoxy) is 1. The van der Waals surface area contributed by atoms with Gasteiger partial charge in [0.1, 0.15) is 0 Å². The van der Waals surface area contributed by atoms with Gasteiger partial charge in [-0.15, -0.1) is 11.3 Å². The van der Waals surface area contributed by atoms with Crippen LogP contribution in [0.4, 0.5) is 0 Å². The van der Waals surface area contributed by atoms with Gasteiger partial charge in [-0.05, 0) is 32.9 Å². The van der Waals surface area contributed by atoms with Gasteiger partial charge in [0.15, 0.2) is 0 Å². The van der Waals surface area contributed by atoms with E-state index in [0.717, 1.165) is 44.2 Å². The van der Waals surface area contributed by atoms with Gasteiger partial charge in [-0.1, -0.05) is 0 Å². The van der Waals surface area contributed by atoms with Gasteiger partial charge in [0, 0.05) is 37.4 Å². The molecule has 1 aromatic rings. The minimum absolute atomic E-state index is 0.317. The first-order valence-electron chi connectivity index (χ1n) is 7.05. The summed E-state index contributed by atoms with van der Waals surface area (Å²) in [4.78, 5) is 4.49. The van der Waals surface area contributed by atoms with Crippen molar-refractivity contribution in [2.45, 2.75) is 26.2 Å². The van der Waals surface area contributed by atoms with Crippen molar-refractivity contribution >= 4 is 11.3 Å². The van der Waals surface area contributed by atoms with Crippen molar-refractivity contribution < 1.29 is 4.74 Å². The molecule has 1 aliphatic heterocycles. The van der Waals surface area contributed by atoms with E-state index in [1.54, 1.807) is 11.3 Å². The lowest BCUT2D eigenvalue weighted by atomic mass is 9.79. The topological polar surface area (TPSA) is 46.2 Å². The van der Waals surface area contributed by atoms with Crippen LogP contribution in [-0.4, -0.2) is 44.9 Å². The van der Waals surface area contributed by atoms with Crippen LogP contribution in [0.1, 0.15) is 23.5 Å². The van der Waals surface area contributed by atoms with Gasteiger partial charge in [-0.2, -0.15) is 0 Å². The third-order valence-electron chi connectivity index (χ3n) is 3.84. The Morgan fingerprint density at radius 1 is 1.47 bits per heavy atom. The van der Waals surface area contributed by atoms with E-state index in [9.17, 15) is 0 Å². The minimum atomic E-state index is 0.317. The third-order valence-corrected chi connectivity index (χ3v) is 4.66. The van der Waals surface area contributed by atoms with Gasteiger partial charge in [-0.3, -0.25) is 0 Å². The van der Waals surface area contributed by atoms with Crippen LogP contribution in [0.2, 0.25) is 0 Å². The average Bonchev–Trinajstić information content (AvgIpc) is 2.82. The largest absolute Gasteiger partial charge is 0.384 e. The summed E-state index contributed by atoms with van der Waals surface area (Å²) in [5.74, 6) is 0. The molecule has 5 heteroatoms. The molecule has 0 atom stereocenters. The Hall–Kier alpha value is -0.490. The first-order valence-corrected chi connectivity index (χ1v) is 7.93. The number of thiazole rings is 1. The van der Waals surface area contributed by atoms with Crippen LogP contribution in [0.3, 0.4) is 0 Å². The molecule has 1 aromatic heterocycles. The van der Waals surface area contributed by atoms with Gasteiger partial charge < -0.3 is 15.4 Å². The number of nitrogens with zero attached hydrogens (tertiary/aromatic N) is 1. The number of nitrogens with one attached hydrogen (secondary N) is 2. The highest BCUT2D eigenvalue weighted by Crippen LogP contribution is 2.28. The monoisotopic (exact) mass is 283 g/mol. The molecule has 0 amide bonds. The number of hydrogen-bond donors (Lipinski definition) is 2. The van der Waals surface area contributed by atoms with Crippen molar-refractivity contribution in [1.82, 2.24) is 15.6 Å². The first kappa shape index (κ1) is 14.9. The molecule has 0 radical (unpaired) electrons. The molecule has 0 bridgehead atoms. The zero-order chi connectivity index (χ0) is 13.6. The van der Waals surface area contributed by atoms with Crippen LogP contribution in [0, 0.1) is 12.3 Å². The summed E-state index contributed by atoms with van der Waals surface area (Å²) < 4.78 is 5.42. The number of hydrogen-bond acceptors (Lipinski definition) is 5. The first-order chi connectivity index (χ1) is 9.24. The van der Waals surface area contributed by atoms with E-state index in [0.29, 0.717) is 5.41 Å². The Kier molecular flexibility index (Phi) is 5.76. The summed E-state index contributed by atoms with van der Waals surface area (Å²) in [7, 11) is 1.81. The maximum atomic E-state index is 5.42. The second-order valence-electron chi connectivity index (χ2n) is 5.47. The molecule has 0 saturated carbocycles. The highest BCUT2D eigenvalue weighted by Gasteiger charge is 2.31. The quantitative estimate of drug-likeness (QED) is 0.746. The molecule has 1 aliphatic rings. The second kappa shape index (κ2) is 7.33. The van der Waals surface area contributed by atoms with Crippen molar-refractivity contribution in [3.05, 3.63) is 16.1 Å². The second-order valence-corrected chi connectivity index (χ2v) is 6.53. The van der Waals surface area contributed by atoms with E-state index in [1.165, 1.54) is 18.5 Å². The number of piperidine rings is 1. The van der Waals surface area contributed by atoms with E-state index in [4.69, 9.17) is 4.74 Å². The SMILES string of the molecule is COCC1(CNCCc2csc(C)n2)CCNCC1. The lowest BCUT2D eigenvalue weighted by molar-refractivity contribution is 0.0539. The molecule has 19 heavy (non-hydrogen) atoms. The molecule has 2 heterocycles. The number of aromatic nitrogens is 1. The van der Waals surface area contributed by atoms with Crippen LogP contribution in [0.25, 0.3) is 0 Å². The predicted octanol–water partition coefficient (Wildman–Crippen LogP) is 1.60. The molecule has 1 saturated heterocycles.